The number of rotatable bonds is 2. The molecule has 2 N–H and O–H groups in total. The standard InChI is InChI=1S/C11H14N6S/c12-9-7-13-2-1-10(9)16-3-5-17(6-4-16)11-14-8-15-18-11/h1-2,7-8H,3-6,12H2. The van der Waals surface area contributed by atoms with Crippen LogP contribution in [0.4, 0.5) is 16.5 Å². The summed E-state index contributed by atoms with van der Waals surface area (Å²) < 4.78 is 4.04. The summed E-state index contributed by atoms with van der Waals surface area (Å²) in [6.07, 6.45) is 5.09. The van der Waals surface area contributed by atoms with Crippen molar-refractivity contribution in [3.8, 4) is 0 Å². The average Bonchev–Trinajstić information content (AvgIpc) is 2.94. The summed E-state index contributed by atoms with van der Waals surface area (Å²) in [6, 6.07) is 1.97. The minimum absolute atomic E-state index is 0.738. The van der Waals surface area contributed by atoms with E-state index in [1.54, 1.807) is 18.7 Å². The summed E-state index contributed by atoms with van der Waals surface area (Å²) in [6.45, 7) is 3.76. The first-order valence-corrected chi connectivity index (χ1v) is 6.58. The van der Waals surface area contributed by atoms with Gasteiger partial charge >= 0.3 is 0 Å². The molecule has 6 nitrogen and oxygen atoms in total. The molecule has 0 saturated carbocycles. The minimum Gasteiger partial charge on any atom is -0.396 e. The average molecular weight is 262 g/mol. The number of nitrogen functional groups attached to an aromatic ring is 1. The van der Waals surface area contributed by atoms with E-state index in [4.69, 9.17) is 5.73 Å². The molecule has 1 aliphatic rings. The Morgan fingerprint density at radius 2 is 1.94 bits per heavy atom. The highest BCUT2D eigenvalue weighted by atomic mass is 32.1. The third-order valence-electron chi connectivity index (χ3n) is 3.07. The number of piperazine rings is 1. The summed E-state index contributed by atoms with van der Waals surface area (Å²) in [4.78, 5) is 12.8. The lowest BCUT2D eigenvalue weighted by atomic mass is 10.2. The highest BCUT2D eigenvalue weighted by Gasteiger charge is 2.20. The molecule has 0 radical (unpaired) electrons. The van der Waals surface area contributed by atoms with E-state index in [1.165, 1.54) is 11.5 Å². The van der Waals surface area contributed by atoms with Gasteiger partial charge in [0.05, 0.1) is 17.6 Å². The largest absolute Gasteiger partial charge is 0.396 e. The first kappa shape index (κ1) is 11.2. The van der Waals surface area contributed by atoms with Gasteiger partial charge in [-0.2, -0.15) is 4.37 Å². The summed E-state index contributed by atoms with van der Waals surface area (Å²) in [5.74, 6) is 0. The number of hydrogen-bond acceptors (Lipinski definition) is 7. The molecule has 7 heteroatoms. The van der Waals surface area contributed by atoms with Crippen molar-refractivity contribution in [3.63, 3.8) is 0 Å². The Hall–Kier alpha value is -1.89. The van der Waals surface area contributed by atoms with Crippen molar-refractivity contribution in [1.29, 1.82) is 0 Å². The summed E-state index contributed by atoms with van der Waals surface area (Å²) in [7, 11) is 0. The Morgan fingerprint density at radius 3 is 2.61 bits per heavy atom. The molecule has 1 saturated heterocycles. The van der Waals surface area contributed by atoms with Crippen molar-refractivity contribution >= 4 is 28.0 Å². The molecule has 0 aromatic carbocycles. The topological polar surface area (TPSA) is 71.2 Å². The second kappa shape index (κ2) is 4.77. The van der Waals surface area contributed by atoms with Crippen LogP contribution in [-0.4, -0.2) is 40.5 Å². The van der Waals surface area contributed by atoms with E-state index in [1.807, 2.05) is 6.07 Å². The fraction of sp³-hybridized carbons (Fsp3) is 0.364. The van der Waals surface area contributed by atoms with Gasteiger partial charge in [-0.05, 0) is 6.07 Å². The highest BCUT2D eigenvalue weighted by molar-refractivity contribution is 7.09. The van der Waals surface area contributed by atoms with Crippen molar-refractivity contribution in [2.75, 3.05) is 41.7 Å². The zero-order valence-electron chi connectivity index (χ0n) is 9.86. The van der Waals surface area contributed by atoms with Gasteiger partial charge in [0, 0.05) is 43.9 Å². The van der Waals surface area contributed by atoms with E-state index in [9.17, 15) is 0 Å². The van der Waals surface area contributed by atoms with Crippen LogP contribution in [0.15, 0.2) is 24.8 Å². The van der Waals surface area contributed by atoms with Crippen molar-refractivity contribution in [1.82, 2.24) is 14.3 Å². The lowest BCUT2D eigenvalue weighted by Crippen LogP contribution is -2.46. The molecule has 2 aromatic rings. The molecule has 2 aromatic heterocycles. The number of pyridine rings is 1. The second-order valence-corrected chi connectivity index (χ2v) is 4.89. The number of hydrogen-bond donors (Lipinski definition) is 1. The molecular weight excluding hydrogens is 248 g/mol. The molecule has 3 heterocycles. The van der Waals surface area contributed by atoms with Gasteiger partial charge in [0.25, 0.3) is 0 Å². The second-order valence-electron chi connectivity index (χ2n) is 4.13. The van der Waals surface area contributed by atoms with Crippen molar-refractivity contribution < 1.29 is 0 Å². The molecule has 18 heavy (non-hydrogen) atoms. The smallest absolute Gasteiger partial charge is 0.205 e. The third-order valence-corrected chi connectivity index (χ3v) is 3.80. The molecule has 1 aliphatic heterocycles. The highest BCUT2D eigenvalue weighted by Crippen LogP contribution is 2.24. The van der Waals surface area contributed by atoms with Crippen molar-refractivity contribution in [2.45, 2.75) is 0 Å². The van der Waals surface area contributed by atoms with Gasteiger partial charge in [-0.15, -0.1) is 0 Å². The van der Waals surface area contributed by atoms with E-state index in [0.717, 1.165) is 42.7 Å². The molecule has 0 atom stereocenters. The van der Waals surface area contributed by atoms with Crippen LogP contribution in [0.1, 0.15) is 0 Å². The maximum Gasteiger partial charge on any atom is 0.205 e. The number of aromatic nitrogens is 3. The number of nitrogens with zero attached hydrogens (tertiary/aromatic N) is 5. The minimum atomic E-state index is 0.738. The maximum absolute atomic E-state index is 5.94. The lowest BCUT2D eigenvalue weighted by Gasteiger charge is -2.36. The SMILES string of the molecule is Nc1cnccc1N1CCN(c2ncns2)CC1. The van der Waals surface area contributed by atoms with Crippen LogP contribution < -0.4 is 15.5 Å². The van der Waals surface area contributed by atoms with Gasteiger partial charge in [-0.1, -0.05) is 0 Å². The van der Waals surface area contributed by atoms with E-state index in [-0.39, 0.29) is 0 Å². The molecule has 3 rings (SSSR count). The van der Waals surface area contributed by atoms with E-state index in [2.05, 4.69) is 24.1 Å². The molecule has 0 bridgehead atoms. The fourth-order valence-corrected chi connectivity index (χ4v) is 2.71. The van der Waals surface area contributed by atoms with Crippen LogP contribution in [-0.2, 0) is 0 Å². The Balaban J connectivity index is 1.69. The van der Waals surface area contributed by atoms with Crippen molar-refractivity contribution in [3.05, 3.63) is 24.8 Å². The third kappa shape index (κ3) is 2.08. The van der Waals surface area contributed by atoms with E-state index < -0.39 is 0 Å². The number of nitrogens with two attached hydrogens (primary N) is 1. The molecule has 94 valence electrons. The zero-order chi connectivity index (χ0) is 12.4. The first-order chi connectivity index (χ1) is 8.84. The van der Waals surface area contributed by atoms with Gasteiger partial charge < -0.3 is 15.5 Å². The van der Waals surface area contributed by atoms with Gasteiger partial charge in [0.15, 0.2) is 0 Å². The lowest BCUT2D eigenvalue weighted by molar-refractivity contribution is 0.652. The number of anilines is 3. The Kier molecular flexibility index (Phi) is 2.97. The van der Waals surface area contributed by atoms with Crippen LogP contribution >= 0.6 is 11.5 Å². The maximum atomic E-state index is 5.94. The van der Waals surface area contributed by atoms with E-state index >= 15 is 0 Å². The van der Waals surface area contributed by atoms with Gasteiger partial charge in [0.2, 0.25) is 5.13 Å². The fourth-order valence-electron chi connectivity index (χ4n) is 2.13. The van der Waals surface area contributed by atoms with Crippen LogP contribution in [0.25, 0.3) is 0 Å². The Labute approximate surface area is 109 Å². The summed E-state index contributed by atoms with van der Waals surface area (Å²) in [5, 5.41) is 0.998. The Bertz CT molecular complexity index is 506. The van der Waals surface area contributed by atoms with Crippen LogP contribution in [0.2, 0.25) is 0 Å². The van der Waals surface area contributed by atoms with Crippen LogP contribution in [0.3, 0.4) is 0 Å². The molecule has 0 unspecified atom stereocenters. The van der Waals surface area contributed by atoms with Gasteiger partial charge in [0.1, 0.15) is 6.33 Å². The zero-order valence-corrected chi connectivity index (χ0v) is 10.7. The molecule has 1 fully saturated rings. The molecule has 0 amide bonds. The first-order valence-electron chi connectivity index (χ1n) is 5.80. The normalized spacial score (nSPS) is 16.0. The summed E-state index contributed by atoms with van der Waals surface area (Å²) >= 11 is 1.44. The molecular formula is C11H14N6S. The Morgan fingerprint density at radius 1 is 1.17 bits per heavy atom. The molecule has 0 spiro atoms. The quantitative estimate of drug-likeness (QED) is 0.865. The predicted octanol–water partition coefficient (Wildman–Crippen LogP) is 0.842. The molecule has 0 aliphatic carbocycles. The van der Waals surface area contributed by atoms with Crippen molar-refractivity contribution in [2.24, 2.45) is 0 Å². The van der Waals surface area contributed by atoms with Crippen LogP contribution in [0.5, 0.6) is 0 Å². The van der Waals surface area contributed by atoms with Gasteiger partial charge in [-0.25, -0.2) is 4.98 Å². The summed E-state index contributed by atoms with van der Waals surface area (Å²) in [5.41, 5.74) is 7.75. The monoisotopic (exact) mass is 262 g/mol. The van der Waals surface area contributed by atoms with Gasteiger partial charge in [-0.3, -0.25) is 4.98 Å². The predicted molar refractivity (Wildman–Crippen MR) is 73.0 cm³/mol. The van der Waals surface area contributed by atoms with E-state index in [0.29, 0.717) is 0 Å². The van der Waals surface area contributed by atoms with Crippen LogP contribution in [0, 0.1) is 0 Å².